The molecule has 104 valence electrons. The fraction of sp³-hybridized carbons (Fsp3) is 0.625. The minimum Gasteiger partial charge on any atom is -0.490 e. The summed E-state index contributed by atoms with van der Waals surface area (Å²) in [7, 11) is 0. The largest absolute Gasteiger partial charge is 0.490 e. The Hall–Kier alpha value is -1.09. The van der Waals surface area contributed by atoms with E-state index in [-0.39, 0.29) is 17.5 Å². The van der Waals surface area contributed by atoms with Crippen molar-refractivity contribution in [2.24, 2.45) is 0 Å². The van der Waals surface area contributed by atoms with Crippen LogP contribution in [0.15, 0.2) is 18.2 Å². The maximum absolute atomic E-state index is 13.5. The highest BCUT2D eigenvalue weighted by Crippen LogP contribution is 2.40. The minimum atomic E-state index is -0.194. The quantitative estimate of drug-likeness (QED) is 0.803. The second-order valence-electron chi connectivity index (χ2n) is 5.88. The third-order valence-electron chi connectivity index (χ3n) is 4.41. The second kappa shape index (κ2) is 5.12. The molecular weight excluding hydrogens is 243 g/mol. The number of aryl methyl sites for hydroxylation is 1. The van der Waals surface area contributed by atoms with E-state index in [2.05, 4.69) is 0 Å². The molecule has 2 aliphatic rings. The van der Waals surface area contributed by atoms with Crippen LogP contribution in [-0.2, 0) is 4.74 Å². The first-order chi connectivity index (χ1) is 9.17. The molecule has 2 fully saturated rings. The molecule has 1 atom stereocenters. The number of rotatable bonds is 2. The summed E-state index contributed by atoms with van der Waals surface area (Å²) in [6.45, 7) is 2.53. The van der Waals surface area contributed by atoms with Gasteiger partial charge in [-0.05, 0) is 31.4 Å². The predicted octanol–water partition coefficient (Wildman–Crippen LogP) is 4.00. The number of ether oxygens (including phenoxy) is 2. The average Bonchev–Trinajstić information content (AvgIpc) is 2.82. The molecule has 1 aromatic carbocycles. The van der Waals surface area contributed by atoms with E-state index in [4.69, 9.17) is 9.47 Å². The van der Waals surface area contributed by atoms with Crippen LogP contribution in [0.2, 0.25) is 0 Å². The summed E-state index contributed by atoms with van der Waals surface area (Å²) >= 11 is 0. The van der Waals surface area contributed by atoms with E-state index in [0.29, 0.717) is 11.3 Å². The molecule has 1 saturated carbocycles. The van der Waals surface area contributed by atoms with Gasteiger partial charge in [0.1, 0.15) is 17.7 Å². The van der Waals surface area contributed by atoms with Gasteiger partial charge < -0.3 is 9.47 Å². The van der Waals surface area contributed by atoms with Crippen molar-refractivity contribution in [1.82, 2.24) is 0 Å². The summed E-state index contributed by atoms with van der Waals surface area (Å²) in [5.41, 5.74) is 0.707. The molecule has 1 heterocycles. The Bertz CT molecular complexity index is 452. The van der Waals surface area contributed by atoms with Crippen LogP contribution >= 0.6 is 0 Å². The molecule has 2 nitrogen and oxygen atoms in total. The summed E-state index contributed by atoms with van der Waals surface area (Å²) in [6.07, 6.45) is 6.82. The van der Waals surface area contributed by atoms with Crippen molar-refractivity contribution < 1.29 is 13.9 Å². The van der Waals surface area contributed by atoms with Gasteiger partial charge in [-0.2, -0.15) is 0 Å². The maximum Gasteiger partial charge on any atom is 0.129 e. The van der Waals surface area contributed by atoms with Gasteiger partial charge in [-0.25, -0.2) is 4.39 Å². The normalized spacial score (nSPS) is 25.7. The summed E-state index contributed by atoms with van der Waals surface area (Å²) in [5.74, 6) is 0.447. The molecular formula is C16H21FO2. The molecule has 1 spiro atoms. The van der Waals surface area contributed by atoms with Crippen molar-refractivity contribution in [3.8, 4) is 5.75 Å². The van der Waals surface area contributed by atoms with Crippen LogP contribution in [0.25, 0.3) is 0 Å². The maximum atomic E-state index is 13.5. The fourth-order valence-corrected chi connectivity index (χ4v) is 3.29. The molecule has 1 aliphatic carbocycles. The van der Waals surface area contributed by atoms with E-state index >= 15 is 0 Å². The van der Waals surface area contributed by atoms with E-state index in [1.807, 2.05) is 6.07 Å². The molecule has 1 aliphatic heterocycles. The zero-order chi connectivity index (χ0) is 13.3. The smallest absolute Gasteiger partial charge is 0.129 e. The van der Waals surface area contributed by atoms with E-state index in [9.17, 15) is 4.39 Å². The van der Waals surface area contributed by atoms with Gasteiger partial charge in [0.15, 0.2) is 0 Å². The van der Waals surface area contributed by atoms with Crippen molar-refractivity contribution in [2.75, 3.05) is 6.61 Å². The van der Waals surface area contributed by atoms with Gasteiger partial charge in [0.2, 0.25) is 0 Å². The fourth-order valence-electron chi connectivity index (χ4n) is 3.29. The first kappa shape index (κ1) is 12.9. The standard InChI is InChI=1S/C16H21FO2/c1-12-4-5-13(10-15(12)17)19-14-6-9-18-16(11-14)7-2-3-8-16/h4-5,10,14H,2-3,6-9,11H2,1H3. The summed E-state index contributed by atoms with van der Waals surface area (Å²) in [4.78, 5) is 0. The number of hydrogen-bond acceptors (Lipinski definition) is 2. The van der Waals surface area contributed by atoms with Gasteiger partial charge in [0.25, 0.3) is 0 Å². The lowest BCUT2D eigenvalue weighted by molar-refractivity contribution is -0.108. The molecule has 3 heteroatoms. The van der Waals surface area contributed by atoms with Crippen molar-refractivity contribution in [1.29, 1.82) is 0 Å². The predicted molar refractivity (Wildman–Crippen MR) is 71.9 cm³/mol. The minimum absolute atomic E-state index is 0.0478. The highest BCUT2D eigenvalue weighted by Gasteiger charge is 2.40. The second-order valence-corrected chi connectivity index (χ2v) is 5.88. The molecule has 0 bridgehead atoms. The molecule has 1 unspecified atom stereocenters. The van der Waals surface area contributed by atoms with Gasteiger partial charge in [-0.1, -0.05) is 18.9 Å². The van der Waals surface area contributed by atoms with E-state index < -0.39 is 0 Å². The average molecular weight is 264 g/mol. The number of halogens is 1. The van der Waals surface area contributed by atoms with Gasteiger partial charge in [-0.3, -0.25) is 0 Å². The monoisotopic (exact) mass is 264 g/mol. The van der Waals surface area contributed by atoms with Gasteiger partial charge in [-0.15, -0.1) is 0 Å². The van der Waals surface area contributed by atoms with Gasteiger partial charge in [0.05, 0.1) is 12.2 Å². The highest BCUT2D eigenvalue weighted by atomic mass is 19.1. The van der Waals surface area contributed by atoms with Gasteiger partial charge >= 0.3 is 0 Å². The van der Waals surface area contributed by atoms with Crippen LogP contribution in [0.1, 0.15) is 44.1 Å². The Morgan fingerprint density at radius 1 is 1.32 bits per heavy atom. The van der Waals surface area contributed by atoms with Crippen molar-refractivity contribution in [3.05, 3.63) is 29.6 Å². The van der Waals surface area contributed by atoms with Crippen LogP contribution in [0.5, 0.6) is 5.75 Å². The lowest BCUT2D eigenvalue weighted by Crippen LogP contribution is -2.41. The third kappa shape index (κ3) is 2.76. The lowest BCUT2D eigenvalue weighted by Gasteiger charge is -2.38. The van der Waals surface area contributed by atoms with Crippen LogP contribution in [0.3, 0.4) is 0 Å². The van der Waals surface area contributed by atoms with Crippen molar-refractivity contribution >= 4 is 0 Å². The molecule has 3 rings (SSSR count). The zero-order valence-corrected chi connectivity index (χ0v) is 11.5. The summed E-state index contributed by atoms with van der Waals surface area (Å²) in [5, 5.41) is 0. The molecule has 0 amide bonds. The first-order valence-corrected chi connectivity index (χ1v) is 7.24. The molecule has 1 saturated heterocycles. The first-order valence-electron chi connectivity index (χ1n) is 7.24. The molecule has 19 heavy (non-hydrogen) atoms. The molecule has 0 aromatic heterocycles. The Morgan fingerprint density at radius 2 is 2.11 bits per heavy atom. The van der Waals surface area contributed by atoms with Gasteiger partial charge in [0, 0.05) is 18.9 Å². The van der Waals surface area contributed by atoms with E-state index in [0.717, 1.165) is 32.3 Å². The molecule has 0 radical (unpaired) electrons. The molecule has 1 aromatic rings. The SMILES string of the molecule is Cc1ccc(OC2CCOC3(CCCC3)C2)cc1F. The lowest BCUT2D eigenvalue weighted by atomic mass is 9.90. The zero-order valence-electron chi connectivity index (χ0n) is 11.5. The topological polar surface area (TPSA) is 18.5 Å². The van der Waals surface area contributed by atoms with Crippen LogP contribution in [-0.4, -0.2) is 18.3 Å². The number of benzene rings is 1. The highest BCUT2D eigenvalue weighted by molar-refractivity contribution is 5.28. The van der Waals surface area contributed by atoms with Crippen LogP contribution < -0.4 is 4.74 Å². The Kier molecular flexibility index (Phi) is 3.48. The van der Waals surface area contributed by atoms with E-state index in [1.165, 1.54) is 18.9 Å². The Morgan fingerprint density at radius 3 is 2.84 bits per heavy atom. The Balaban J connectivity index is 1.67. The number of hydrogen-bond donors (Lipinski definition) is 0. The van der Waals surface area contributed by atoms with Crippen LogP contribution in [0.4, 0.5) is 4.39 Å². The summed E-state index contributed by atoms with van der Waals surface area (Å²) < 4.78 is 25.5. The third-order valence-corrected chi connectivity index (χ3v) is 4.41. The Labute approximate surface area is 113 Å². The molecule has 0 N–H and O–H groups in total. The summed E-state index contributed by atoms with van der Waals surface area (Å²) in [6, 6.07) is 5.12. The van der Waals surface area contributed by atoms with E-state index in [1.54, 1.807) is 13.0 Å². The van der Waals surface area contributed by atoms with Crippen molar-refractivity contribution in [3.63, 3.8) is 0 Å². The van der Waals surface area contributed by atoms with Crippen molar-refractivity contribution in [2.45, 2.75) is 57.2 Å². The van der Waals surface area contributed by atoms with Crippen LogP contribution in [0, 0.1) is 12.7 Å².